The number of nitrogens with one attached hydrogen (secondary N) is 1. The first-order valence-corrected chi connectivity index (χ1v) is 8.09. The van der Waals surface area contributed by atoms with E-state index in [1.165, 1.54) is 10.9 Å². The molecule has 2 aromatic heterocycles. The van der Waals surface area contributed by atoms with Gasteiger partial charge in [-0.25, -0.2) is 4.68 Å². The Bertz CT molecular complexity index is 908. The molecule has 0 aliphatic carbocycles. The molecule has 8 nitrogen and oxygen atoms in total. The van der Waals surface area contributed by atoms with Crippen LogP contribution in [0, 0.1) is 0 Å². The maximum absolute atomic E-state index is 12.4. The van der Waals surface area contributed by atoms with Crippen LogP contribution >= 0.6 is 0 Å². The Balaban J connectivity index is 1.53. The fourth-order valence-corrected chi connectivity index (χ4v) is 3.12. The van der Waals surface area contributed by atoms with E-state index in [-0.39, 0.29) is 5.56 Å². The molecule has 2 N–H and O–H groups in total. The van der Waals surface area contributed by atoms with Crippen molar-refractivity contribution < 1.29 is 5.11 Å². The van der Waals surface area contributed by atoms with E-state index >= 15 is 0 Å². The van der Waals surface area contributed by atoms with Gasteiger partial charge in [0.1, 0.15) is 11.3 Å². The number of rotatable bonds is 4. The van der Waals surface area contributed by atoms with Crippen LogP contribution in [0.15, 0.2) is 53.6 Å². The van der Waals surface area contributed by atoms with Gasteiger partial charge in [-0.05, 0) is 5.56 Å². The molecule has 3 aromatic rings. The minimum atomic E-state index is -1.06. The first-order valence-electron chi connectivity index (χ1n) is 8.09. The van der Waals surface area contributed by atoms with Crippen molar-refractivity contribution >= 4 is 5.69 Å². The van der Waals surface area contributed by atoms with Crippen molar-refractivity contribution in [3.8, 4) is 0 Å². The quantitative estimate of drug-likeness (QED) is 0.719. The van der Waals surface area contributed by atoms with E-state index in [9.17, 15) is 9.90 Å². The van der Waals surface area contributed by atoms with Crippen molar-refractivity contribution in [3.63, 3.8) is 0 Å². The lowest BCUT2D eigenvalue weighted by Gasteiger charge is -2.22. The van der Waals surface area contributed by atoms with Crippen LogP contribution in [0.1, 0.15) is 17.7 Å². The Morgan fingerprint density at radius 1 is 1.24 bits per heavy atom. The van der Waals surface area contributed by atoms with E-state index in [1.54, 1.807) is 12.3 Å². The van der Waals surface area contributed by atoms with Gasteiger partial charge < -0.3 is 10.0 Å². The van der Waals surface area contributed by atoms with Gasteiger partial charge in [0.15, 0.2) is 0 Å². The summed E-state index contributed by atoms with van der Waals surface area (Å²) in [6.45, 7) is 1.40. The zero-order valence-corrected chi connectivity index (χ0v) is 13.5. The highest BCUT2D eigenvalue weighted by Crippen LogP contribution is 2.32. The standard InChI is InChI=1S/C17H18N6O2/c24-16-8-14(9-19-23(16)11-13-4-2-1-3-5-13)22-7-6-17(25,12-22)15-10-18-21-20-15/h1-5,8-10,25H,6-7,11-12H2,(H,18,20,21)/t17-/m1/s1. The minimum Gasteiger partial charge on any atom is -0.381 e. The fourth-order valence-electron chi connectivity index (χ4n) is 3.12. The second kappa shape index (κ2) is 6.14. The number of hydrogen-bond donors (Lipinski definition) is 2. The van der Waals surface area contributed by atoms with Crippen molar-refractivity contribution in [1.82, 2.24) is 25.2 Å². The summed E-state index contributed by atoms with van der Waals surface area (Å²) in [7, 11) is 0. The summed E-state index contributed by atoms with van der Waals surface area (Å²) in [5.74, 6) is 0. The molecular weight excluding hydrogens is 320 g/mol. The van der Waals surface area contributed by atoms with Crippen LogP contribution in [0.25, 0.3) is 0 Å². The highest BCUT2D eigenvalue weighted by molar-refractivity contribution is 5.45. The maximum Gasteiger partial charge on any atom is 0.269 e. The average molecular weight is 338 g/mol. The smallest absolute Gasteiger partial charge is 0.269 e. The van der Waals surface area contributed by atoms with E-state index < -0.39 is 5.60 Å². The Morgan fingerprint density at radius 3 is 2.80 bits per heavy atom. The highest BCUT2D eigenvalue weighted by atomic mass is 16.3. The van der Waals surface area contributed by atoms with Crippen LogP contribution < -0.4 is 10.5 Å². The van der Waals surface area contributed by atoms with E-state index in [0.717, 1.165) is 5.56 Å². The van der Waals surface area contributed by atoms with Gasteiger partial charge in [0.25, 0.3) is 5.56 Å². The lowest BCUT2D eigenvalue weighted by atomic mass is 10.00. The Kier molecular flexibility index (Phi) is 3.81. The molecule has 3 heterocycles. The first-order chi connectivity index (χ1) is 12.1. The molecule has 1 aromatic carbocycles. The van der Waals surface area contributed by atoms with Crippen molar-refractivity contribution in [2.45, 2.75) is 18.6 Å². The number of aromatic amines is 1. The number of benzene rings is 1. The van der Waals surface area contributed by atoms with Gasteiger partial charge in [0, 0.05) is 19.0 Å². The van der Waals surface area contributed by atoms with Gasteiger partial charge in [-0.1, -0.05) is 30.3 Å². The second-order valence-corrected chi connectivity index (χ2v) is 6.25. The van der Waals surface area contributed by atoms with Gasteiger partial charge in [-0.2, -0.15) is 20.5 Å². The SMILES string of the molecule is O=c1cc(N2CC[C@](O)(c3cn[nH]n3)C2)cnn1Cc1ccccc1. The number of nitrogens with zero attached hydrogens (tertiary/aromatic N) is 5. The largest absolute Gasteiger partial charge is 0.381 e. The maximum atomic E-state index is 12.4. The molecule has 0 saturated carbocycles. The zero-order chi connectivity index (χ0) is 17.3. The van der Waals surface area contributed by atoms with Crippen molar-refractivity contribution in [2.24, 2.45) is 0 Å². The number of β-amino-alcohol motifs (C(OH)–C–C–N with tert-alkyl or cyclic N) is 1. The lowest BCUT2D eigenvalue weighted by molar-refractivity contribution is 0.0560. The summed E-state index contributed by atoms with van der Waals surface area (Å²) < 4.78 is 1.43. The normalized spacial score (nSPS) is 20.1. The topological polar surface area (TPSA) is 99.9 Å². The minimum absolute atomic E-state index is 0.168. The number of aliphatic hydroxyl groups is 1. The van der Waals surface area contributed by atoms with E-state index in [1.807, 2.05) is 35.2 Å². The Hall–Kier alpha value is -3.00. The molecule has 128 valence electrons. The molecule has 1 fully saturated rings. The molecule has 0 bridgehead atoms. The molecule has 0 spiro atoms. The van der Waals surface area contributed by atoms with Crippen molar-refractivity contribution in [2.75, 3.05) is 18.0 Å². The van der Waals surface area contributed by atoms with E-state index in [2.05, 4.69) is 20.5 Å². The number of hydrogen-bond acceptors (Lipinski definition) is 6. The molecule has 0 amide bonds. The predicted octanol–water partition coefficient (Wildman–Crippen LogP) is 0.508. The average Bonchev–Trinajstić information content (AvgIpc) is 3.28. The second-order valence-electron chi connectivity index (χ2n) is 6.25. The van der Waals surface area contributed by atoms with Gasteiger partial charge in [0.2, 0.25) is 0 Å². The third-order valence-corrected chi connectivity index (χ3v) is 4.54. The van der Waals surface area contributed by atoms with Crippen LogP contribution in [-0.4, -0.2) is 43.4 Å². The summed E-state index contributed by atoms with van der Waals surface area (Å²) in [5, 5.41) is 25.3. The molecular formula is C17H18N6O2. The molecule has 8 heteroatoms. The summed E-state index contributed by atoms with van der Waals surface area (Å²) in [6, 6.07) is 11.3. The molecule has 1 atom stereocenters. The monoisotopic (exact) mass is 338 g/mol. The highest BCUT2D eigenvalue weighted by Gasteiger charge is 2.40. The molecule has 25 heavy (non-hydrogen) atoms. The fraction of sp³-hybridized carbons (Fsp3) is 0.294. The molecule has 4 rings (SSSR count). The molecule has 1 aliphatic heterocycles. The van der Waals surface area contributed by atoms with Crippen LogP contribution in [0.5, 0.6) is 0 Å². The number of aromatic nitrogens is 5. The molecule has 1 aliphatic rings. The van der Waals surface area contributed by atoms with Gasteiger partial charge >= 0.3 is 0 Å². The number of H-pyrrole nitrogens is 1. The summed E-state index contributed by atoms with van der Waals surface area (Å²) in [4.78, 5) is 14.3. The molecule has 0 unspecified atom stereocenters. The lowest BCUT2D eigenvalue weighted by Crippen LogP contribution is -2.32. The van der Waals surface area contributed by atoms with Gasteiger partial charge in [-0.3, -0.25) is 4.79 Å². The summed E-state index contributed by atoms with van der Waals surface area (Å²) in [6.07, 6.45) is 3.71. The van der Waals surface area contributed by atoms with Crippen LogP contribution in [0.2, 0.25) is 0 Å². The third-order valence-electron chi connectivity index (χ3n) is 4.54. The van der Waals surface area contributed by atoms with Crippen LogP contribution in [-0.2, 0) is 12.1 Å². The van der Waals surface area contributed by atoms with Crippen molar-refractivity contribution in [1.29, 1.82) is 0 Å². The summed E-state index contributed by atoms with van der Waals surface area (Å²) >= 11 is 0. The Morgan fingerprint density at radius 2 is 2.08 bits per heavy atom. The van der Waals surface area contributed by atoms with Gasteiger partial charge in [0.05, 0.1) is 31.2 Å². The first kappa shape index (κ1) is 15.5. The predicted molar refractivity (Wildman–Crippen MR) is 91.2 cm³/mol. The Labute approximate surface area is 143 Å². The molecule has 1 saturated heterocycles. The molecule has 0 radical (unpaired) electrons. The van der Waals surface area contributed by atoms with E-state index in [0.29, 0.717) is 37.4 Å². The van der Waals surface area contributed by atoms with Gasteiger partial charge in [-0.15, -0.1) is 0 Å². The van der Waals surface area contributed by atoms with E-state index in [4.69, 9.17) is 0 Å². The third kappa shape index (κ3) is 3.03. The van der Waals surface area contributed by atoms with Crippen LogP contribution in [0.4, 0.5) is 5.69 Å². The van der Waals surface area contributed by atoms with Crippen molar-refractivity contribution in [3.05, 3.63) is 70.4 Å². The zero-order valence-electron chi connectivity index (χ0n) is 13.5. The van der Waals surface area contributed by atoms with Crippen LogP contribution in [0.3, 0.4) is 0 Å². The number of anilines is 1. The summed E-state index contributed by atoms with van der Waals surface area (Å²) in [5.41, 5.74) is 1.00.